The third kappa shape index (κ3) is 7.16. The van der Waals surface area contributed by atoms with Gasteiger partial charge in [0.15, 0.2) is 6.61 Å². The number of carbonyl (C=O) groups is 3. The number of hydrogen-bond acceptors (Lipinski definition) is 9. The number of nitro groups is 1. The van der Waals surface area contributed by atoms with Gasteiger partial charge in [-0.15, -0.1) is 11.3 Å². The second-order valence-electron chi connectivity index (χ2n) is 6.62. The van der Waals surface area contributed by atoms with Gasteiger partial charge in [0.1, 0.15) is 11.2 Å². The highest BCUT2D eigenvalue weighted by molar-refractivity contribution is 7.16. The van der Waals surface area contributed by atoms with Gasteiger partial charge >= 0.3 is 5.97 Å². The van der Waals surface area contributed by atoms with Crippen molar-refractivity contribution in [3.05, 3.63) is 50.9 Å². The first-order chi connectivity index (χ1) is 15.2. The maximum atomic E-state index is 12.1. The van der Waals surface area contributed by atoms with E-state index in [1.165, 1.54) is 35.6 Å². The Morgan fingerprint density at radius 3 is 2.50 bits per heavy atom. The highest BCUT2D eigenvalue weighted by Gasteiger charge is 2.20. The molecule has 0 saturated carbocycles. The summed E-state index contributed by atoms with van der Waals surface area (Å²) in [6, 6.07) is 6.91. The van der Waals surface area contributed by atoms with E-state index in [0.717, 1.165) is 11.1 Å². The van der Waals surface area contributed by atoms with E-state index in [0.29, 0.717) is 10.7 Å². The number of non-ortho nitro benzene ring substituents is 1. The molecule has 0 spiro atoms. The summed E-state index contributed by atoms with van der Waals surface area (Å²) >= 11 is 1.27. The van der Waals surface area contributed by atoms with Crippen LogP contribution < -0.4 is 10.6 Å². The Morgan fingerprint density at radius 1 is 1.22 bits per heavy atom. The monoisotopic (exact) mass is 462 g/mol. The largest absolute Gasteiger partial charge is 0.462 e. The molecule has 2 rings (SSSR count). The first kappa shape index (κ1) is 24.5. The molecule has 2 aromatic rings. The highest BCUT2D eigenvalue weighted by atomic mass is 32.1. The molecule has 2 amide bonds. The molecule has 12 heteroatoms. The Kier molecular flexibility index (Phi) is 8.83. The van der Waals surface area contributed by atoms with Gasteiger partial charge in [-0.1, -0.05) is 19.0 Å². The van der Waals surface area contributed by atoms with Gasteiger partial charge in [0.25, 0.3) is 17.5 Å². The van der Waals surface area contributed by atoms with Gasteiger partial charge in [-0.05, 0) is 31.0 Å². The third-order valence-electron chi connectivity index (χ3n) is 3.85. The molecule has 0 saturated heterocycles. The zero-order valence-electron chi connectivity index (χ0n) is 17.6. The van der Waals surface area contributed by atoms with Crippen LogP contribution in [0.4, 0.5) is 16.4 Å². The number of nitrogens with one attached hydrogen (secondary N) is 2. The van der Waals surface area contributed by atoms with Crippen LogP contribution in [0, 0.1) is 10.1 Å². The summed E-state index contributed by atoms with van der Waals surface area (Å²) in [5.41, 5.74) is 0.484. The molecule has 1 heterocycles. The van der Waals surface area contributed by atoms with Gasteiger partial charge < -0.3 is 20.2 Å². The first-order valence-corrected chi connectivity index (χ1v) is 10.3. The predicted octanol–water partition coefficient (Wildman–Crippen LogP) is 3.54. The number of esters is 1. The second-order valence-corrected chi connectivity index (χ2v) is 7.70. The van der Waals surface area contributed by atoms with Gasteiger partial charge in [-0.25, -0.2) is 4.79 Å². The lowest BCUT2D eigenvalue weighted by Crippen LogP contribution is -2.19. The summed E-state index contributed by atoms with van der Waals surface area (Å²) in [4.78, 5) is 51.8. The normalized spacial score (nSPS) is 10.8. The van der Waals surface area contributed by atoms with Crippen LogP contribution >= 0.6 is 11.3 Å². The Morgan fingerprint density at radius 2 is 1.91 bits per heavy atom. The van der Waals surface area contributed by atoms with E-state index < -0.39 is 29.3 Å². The molecule has 170 valence electrons. The zero-order valence-corrected chi connectivity index (χ0v) is 18.4. The number of nitro benzene ring substituents is 1. The van der Waals surface area contributed by atoms with Crippen molar-refractivity contribution in [1.29, 1.82) is 0 Å². The maximum absolute atomic E-state index is 12.1. The van der Waals surface area contributed by atoms with E-state index in [4.69, 9.17) is 9.57 Å². The van der Waals surface area contributed by atoms with Crippen molar-refractivity contribution in [2.45, 2.75) is 26.7 Å². The van der Waals surface area contributed by atoms with Gasteiger partial charge in [0.2, 0.25) is 0 Å². The van der Waals surface area contributed by atoms with Gasteiger partial charge in [-0.2, -0.15) is 0 Å². The van der Waals surface area contributed by atoms with Crippen LogP contribution in [0.5, 0.6) is 0 Å². The quantitative estimate of drug-likeness (QED) is 0.237. The molecule has 0 aliphatic heterocycles. The average molecular weight is 462 g/mol. The number of anilines is 2. The van der Waals surface area contributed by atoms with Crippen LogP contribution in [0.25, 0.3) is 0 Å². The molecule has 0 radical (unpaired) electrons. The first-order valence-electron chi connectivity index (χ1n) is 9.52. The van der Waals surface area contributed by atoms with Crippen molar-refractivity contribution < 1.29 is 28.9 Å². The van der Waals surface area contributed by atoms with E-state index in [2.05, 4.69) is 15.8 Å². The van der Waals surface area contributed by atoms with Crippen molar-refractivity contribution in [2.24, 2.45) is 5.16 Å². The fourth-order valence-electron chi connectivity index (χ4n) is 2.33. The van der Waals surface area contributed by atoms with Crippen LogP contribution in [0.2, 0.25) is 0 Å². The highest BCUT2D eigenvalue weighted by Crippen LogP contribution is 2.33. The summed E-state index contributed by atoms with van der Waals surface area (Å²) in [7, 11) is 0. The number of thiophene rings is 1. The van der Waals surface area contributed by atoms with Crippen LogP contribution in [-0.2, 0) is 19.2 Å². The lowest BCUT2D eigenvalue weighted by Gasteiger charge is -2.05. The topological polar surface area (TPSA) is 149 Å². The van der Waals surface area contributed by atoms with Gasteiger partial charge in [0.05, 0.1) is 17.1 Å². The van der Waals surface area contributed by atoms with E-state index in [9.17, 15) is 24.5 Å². The lowest BCUT2D eigenvalue weighted by atomic mass is 10.1. The molecule has 1 aromatic heterocycles. The van der Waals surface area contributed by atoms with Crippen molar-refractivity contribution in [3.8, 4) is 0 Å². The number of oxime groups is 1. The molecule has 11 nitrogen and oxygen atoms in total. The molecule has 0 bridgehead atoms. The third-order valence-corrected chi connectivity index (χ3v) is 5.21. The average Bonchev–Trinajstić information content (AvgIpc) is 3.16. The molecular weight excluding hydrogens is 440 g/mol. The molecule has 1 aromatic carbocycles. The summed E-state index contributed by atoms with van der Waals surface area (Å²) in [5, 5.41) is 19.4. The molecule has 2 N–H and O–H groups in total. The van der Waals surface area contributed by atoms with Gasteiger partial charge in [0, 0.05) is 22.7 Å². The Bertz CT molecular complexity index is 1020. The molecule has 32 heavy (non-hydrogen) atoms. The van der Waals surface area contributed by atoms with Crippen LogP contribution in [0.3, 0.4) is 0 Å². The molecule has 0 aliphatic rings. The molecule has 0 aliphatic carbocycles. The van der Waals surface area contributed by atoms with Crippen molar-refractivity contribution >= 4 is 51.7 Å². The smallest absolute Gasteiger partial charge is 0.341 e. The van der Waals surface area contributed by atoms with E-state index in [1.807, 2.05) is 13.8 Å². The Labute approximate surface area is 187 Å². The number of amides is 2. The molecular formula is C20H22N4O7S. The molecule has 0 atom stereocenters. The fourth-order valence-corrected chi connectivity index (χ4v) is 3.40. The maximum Gasteiger partial charge on any atom is 0.341 e. The lowest BCUT2D eigenvalue weighted by molar-refractivity contribution is -0.384. The number of carbonyl (C=O) groups excluding carboxylic acids is 3. The number of nitrogens with zero attached hydrogens (tertiary/aromatic N) is 2. The van der Waals surface area contributed by atoms with E-state index in [1.54, 1.807) is 13.0 Å². The summed E-state index contributed by atoms with van der Waals surface area (Å²) in [6.45, 7) is 5.34. The second kappa shape index (κ2) is 11.6. The minimum absolute atomic E-state index is 0.108. The molecule has 0 unspecified atom stereocenters. The Balaban J connectivity index is 1.87. The van der Waals surface area contributed by atoms with Crippen LogP contribution in [0.1, 0.15) is 41.9 Å². The van der Waals surface area contributed by atoms with Gasteiger partial charge in [-0.3, -0.25) is 19.7 Å². The summed E-state index contributed by atoms with van der Waals surface area (Å²) in [5.74, 6) is -1.59. The van der Waals surface area contributed by atoms with Crippen molar-refractivity contribution in [1.82, 2.24) is 0 Å². The standard InChI is InChI=1S/C20H22N4O7S/c1-4-30-20(27)15-9-16(12(2)3)32-19(15)23-18(26)11-31-21-10-17(25)22-13-5-7-14(8-6-13)24(28)29/h5-10,12H,4,11H2,1-3H3,(H,22,25)(H,23,26). The van der Waals surface area contributed by atoms with E-state index >= 15 is 0 Å². The number of rotatable bonds is 10. The SMILES string of the molecule is CCOC(=O)c1cc(C(C)C)sc1NC(=O)CON=CC(=O)Nc1ccc([N+](=O)[O-])cc1. The predicted molar refractivity (Wildman–Crippen MR) is 119 cm³/mol. The zero-order chi connectivity index (χ0) is 23.7. The van der Waals surface area contributed by atoms with E-state index in [-0.39, 0.29) is 23.8 Å². The van der Waals surface area contributed by atoms with Crippen LogP contribution in [-0.4, -0.2) is 42.1 Å². The minimum Gasteiger partial charge on any atom is -0.462 e. The van der Waals surface area contributed by atoms with Crippen molar-refractivity contribution in [2.75, 3.05) is 23.8 Å². The minimum atomic E-state index is -0.649. The summed E-state index contributed by atoms with van der Waals surface area (Å²) < 4.78 is 5.02. The van der Waals surface area contributed by atoms with Crippen molar-refractivity contribution in [3.63, 3.8) is 0 Å². The fraction of sp³-hybridized carbons (Fsp3) is 0.300. The number of hydrogen-bond donors (Lipinski definition) is 2. The number of benzene rings is 1. The number of ether oxygens (including phenoxy) is 1. The molecule has 0 fully saturated rings. The van der Waals surface area contributed by atoms with Crippen LogP contribution in [0.15, 0.2) is 35.5 Å². The summed E-state index contributed by atoms with van der Waals surface area (Å²) in [6.07, 6.45) is 0.820. The Hall–Kier alpha value is -3.80.